The Hall–Kier alpha value is -0.820. The van der Waals surface area contributed by atoms with Crippen molar-refractivity contribution in [3.63, 3.8) is 0 Å². The monoisotopic (exact) mass is 233 g/mol. The number of hydrogen-bond donors (Lipinski definition) is 1. The second-order valence-corrected chi connectivity index (χ2v) is 5.75. The average Bonchev–Trinajstić information content (AvgIpc) is 2.23. The fourth-order valence-corrected chi connectivity index (χ4v) is 2.20. The lowest BCUT2D eigenvalue weighted by atomic mass is 9.87. The molecule has 2 atom stereocenters. The summed E-state index contributed by atoms with van der Waals surface area (Å²) in [6.07, 6.45) is 0. The van der Waals surface area contributed by atoms with Crippen molar-refractivity contribution < 1.29 is 0 Å². The van der Waals surface area contributed by atoms with Gasteiger partial charge in [0.25, 0.3) is 0 Å². The molecule has 0 saturated carbocycles. The first-order valence-electron chi connectivity index (χ1n) is 6.71. The smallest absolute Gasteiger partial charge is 0.00104 e. The van der Waals surface area contributed by atoms with Crippen molar-refractivity contribution in [1.29, 1.82) is 0 Å². The van der Waals surface area contributed by atoms with Gasteiger partial charge in [-0.15, -0.1) is 0 Å². The highest BCUT2D eigenvalue weighted by Gasteiger charge is 2.15. The standard InChI is InChI=1S/C16H27N/c1-11(2)17-10-14(5)15(6)16-8-12(3)7-13(4)9-16/h7-9,11,14-15,17H,10H2,1-6H3. The van der Waals surface area contributed by atoms with Gasteiger partial charge in [-0.25, -0.2) is 0 Å². The van der Waals surface area contributed by atoms with Crippen LogP contribution in [0.25, 0.3) is 0 Å². The van der Waals surface area contributed by atoms with E-state index in [0.717, 1.165) is 6.54 Å². The third kappa shape index (κ3) is 4.51. The van der Waals surface area contributed by atoms with Crippen LogP contribution in [0.3, 0.4) is 0 Å². The molecule has 0 aliphatic rings. The van der Waals surface area contributed by atoms with Crippen molar-refractivity contribution >= 4 is 0 Å². The summed E-state index contributed by atoms with van der Waals surface area (Å²) < 4.78 is 0. The molecule has 0 fully saturated rings. The molecule has 0 aliphatic carbocycles. The SMILES string of the molecule is Cc1cc(C)cc(C(C)C(C)CNC(C)C)c1. The van der Waals surface area contributed by atoms with E-state index in [0.29, 0.717) is 17.9 Å². The third-order valence-electron chi connectivity index (χ3n) is 3.47. The average molecular weight is 233 g/mol. The highest BCUT2D eigenvalue weighted by molar-refractivity contribution is 5.31. The third-order valence-corrected chi connectivity index (χ3v) is 3.47. The Labute approximate surface area is 107 Å². The van der Waals surface area contributed by atoms with Gasteiger partial charge in [-0.1, -0.05) is 57.0 Å². The quantitative estimate of drug-likeness (QED) is 0.809. The first-order chi connectivity index (χ1) is 7.90. The van der Waals surface area contributed by atoms with Crippen LogP contribution < -0.4 is 5.32 Å². The van der Waals surface area contributed by atoms with Gasteiger partial charge in [-0.05, 0) is 37.8 Å². The van der Waals surface area contributed by atoms with Gasteiger partial charge in [0.2, 0.25) is 0 Å². The molecule has 0 aliphatic heterocycles. The maximum Gasteiger partial charge on any atom is 0.00104 e. The van der Waals surface area contributed by atoms with Gasteiger partial charge in [0.05, 0.1) is 0 Å². The number of rotatable bonds is 5. The molecule has 96 valence electrons. The summed E-state index contributed by atoms with van der Waals surface area (Å²) in [6.45, 7) is 14.5. The van der Waals surface area contributed by atoms with Crippen LogP contribution in [0.1, 0.15) is 50.3 Å². The summed E-state index contributed by atoms with van der Waals surface area (Å²) in [5.74, 6) is 1.28. The van der Waals surface area contributed by atoms with Crippen molar-refractivity contribution in [1.82, 2.24) is 5.32 Å². The minimum absolute atomic E-state index is 0.573. The Balaban J connectivity index is 2.70. The molecule has 1 aromatic carbocycles. The van der Waals surface area contributed by atoms with E-state index in [-0.39, 0.29) is 0 Å². The molecule has 0 heterocycles. The van der Waals surface area contributed by atoms with Crippen molar-refractivity contribution in [3.05, 3.63) is 34.9 Å². The van der Waals surface area contributed by atoms with Gasteiger partial charge in [0.15, 0.2) is 0 Å². The molecular formula is C16H27N. The molecule has 0 radical (unpaired) electrons. The van der Waals surface area contributed by atoms with Crippen LogP contribution >= 0.6 is 0 Å². The Kier molecular flexibility index (Phi) is 5.20. The summed E-state index contributed by atoms with van der Waals surface area (Å²) in [7, 11) is 0. The van der Waals surface area contributed by atoms with Crippen LogP contribution in [0.2, 0.25) is 0 Å². The minimum atomic E-state index is 0.573. The second kappa shape index (κ2) is 6.20. The molecule has 0 spiro atoms. The lowest BCUT2D eigenvalue weighted by molar-refractivity contribution is 0.426. The van der Waals surface area contributed by atoms with Crippen LogP contribution in [0.5, 0.6) is 0 Å². The van der Waals surface area contributed by atoms with E-state index in [1.54, 1.807) is 0 Å². The summed E-state index contributed by atoms with van der Waals surface area (Å²) in [5, 5.41) is 3.53. The molecule has 0 saturated heterocycles. The first kappa shape index (κ1) is 14.2. The zero-order valence-corrected chi connectivity index (χ0v) is 12.2. The molecule has 17 heavy (non-hydrogen) atoms. The Morgan fingerprint density at radius 3 is 1.94 bits per heavy atom. The highest BCUT2D eigenvalue weighted by atomic mass is 14.9. The van der Waals surface area contributed by atoms with Crippen LogP contribution in [0, 0.1) is 19.8 Å². The molecule has 1 nitrogen and oxygen atoms in total. The maximum atomic E-state index is 3.53. The van der Waals surface area contributed by atoms with E-state index in [4.69, 9.17) is 0 Å². The predicted molar refractivity (Wildman–Crippen MR) is 76.6 cm³/mol. The predicted octanol–water partition coefficient (Wildman–Crippen LogP) is 4.04. The van der Waals surface area contributed by atoms with Crippen molar-refractivity contribution in [3.8, 4) is 0 Å². The van der Waals surface area contributed by atoms with Gasteiger partial charge < -0.3 is 5.32 Å². The molecule has 2 unspecified atom stereocenters. The van der Waals surface area contributed by atoms with E-state index in [1.165, 1.54) is 16.7 Å². The highest BCUT2D eigenvalue weighted by Crippen LogP contribution is 2.25. The van der Waals surface area contributed by atoms with Gasteiger partial charge in [0, 0.05) is 6.04 Å². The van der Waals surface area contributed by atoms with Crippen molar-refractivity contribution in [2.75, 3.05) is 6.54 Å². The van der Waals surface area contributed by atoms with Crippen LogP contribution in [0.15, 0.2) is 18.2 Å². The van der Waals surface area contributed by atoms with Crippen LogP contribution in [0.4, 0.5) is 0 Å². The Bertz CT molecular complexity index is 334. The Morgan fingerprint density at radius 1 is 0.941 bits per heavy atom. The van der Waals surface area contributed by atoms with Crippen LogP contribution in [-0.2, 0) is 0 Å². The van der Waals surface area contributed by atoms with Gasteiger partial charge in [-0.3, -0.25) is 0 Å². The zero-order valence-electron chi connectivity index (χ0n) is 12.2. The second-order valence-electron chi connectivity index (χ2n) is 5.75. The minimum Gasteiger partial charge on any atom is -0.314 e. The Morgan fingerprint density at radius 2 is 1.47 bits per heavy atom. The lowest BCUT2D eigenvalue weighted by Gasteiger charge is -2.23. The van der Waals surface area contributed by atoms with Gasteiger partial charge in [0.1, 0.15) is 0 Å². The number of benzene rings is 1. The van der Waals surface area contributed by atoms with Crippen LogP contribution in [-0.4, -0.2) is 12.6 Å². The topological polar surface area (TPSA) is 12.0 Å². The molecule has 1 N–H and O–H groups in total. The van der Waals surface area contributed by atoms with E-state index in [2.05, 4.69) is 65.1 Å². The van der Waals surface area contributed by atoms with E-state index < -0.39 is 0 Å². The van der Waals surface area contributed by atoms with Crippen molar-refractivity contribution in [2.45, 2.75) is 53.5 Å². The molecule has 0 bridgehead atoms. The zero-order chi connectivity index (χ0) is 13.0. The normalized spacial score (nSPS) is 15.0. The molecule has 0 aromatic heterocycles. The summed E-state index contributed by atoms with van der Waals surface area (Å²) in [6, 6.07) is 7.46. The van der Waals surface area contributed by atoms with Gasteiger partial charge in [-0.2, -0.15) is 0 Å². The summed E-state index contributed by atoms with van der Waals surface area (Å²) >= 11 is 0. The molecule has 1 rings (SSSR count). The summed E-state index contributed by atoms with van der Waals surface area (Å²) in [5.41, 5.74) is 4.22. The summed E-state index contributed by atoms with van der Waals surface area (Å²) in [4.78, 5) is 0. The molecule has 0 amide bonds. The number of hydrogen-bond acceptors (Lipinski definition) is 1. The lowest BCUT2D eigenvalue weighted by Crippen LogP contribution is -2.29. The first-order valence-corrected chi connectivity index (χ1v) is 6.71. The molecular weight excluding hydrogens is 206 g/mol. The fourth-order valence-electron chi connectivity index (χ4n) is 2.20. The van der Waals surface area contributed by atoms with E-state index in [9.17, 15) is 0 Å². The number of nitrogens with one attached hydrogen (secondary N) is 1. The van der Waals surface area contributed by atoms with E-state index in [1.807, 2.05) is 0 Å². The van der Waals surface area contributed by atoms with Gasteiger partial charge >= 0.3 is 0 Å². The largest absolute Gasteiger partial charge is 0.314 e. The maximum absolute atomic E-state index is 3.53. The molecule has 1 aromatic rings. The molecule has 1 heteroatoms. The van der Waals surface area contributed by atoms with E-state index >= 15 is 0 Å². The fraction of sp³-hybridized carbons (Fsp3) is 0.625. The number of aryl methyl sites for hydroxylation is 2. The van der Waals surface area contributed by atoms with Crippen molar-refractivity contribution in [2.24, 2.45) is 5.92 Å².